The molecule has 0 aromatic rings. The van der Waals surface area contributed by atoms with E-state index in [2.05, 4.69) is 0 Å². The van der Waals surface area contributed by atoms with Crippen LogP contribution in [-0.4, -0.2) is 32.2 Å². The zero-order chi connectivity index (χ0) is 7.28. The molecule has 0 aliphatic rings. The van der Waals surface area contributed by atoms with Gasteiger partial charge in [-0.2, -0.15) is 5.01 Å². The topological polar surface area (TPSA) is 56.8 Å². The van der Waals surface area contributed by atoms with Crippen molar-refractivity contribution in [3.05, 3.63) is 5.21 Å². The lowest BCUT2D eigenvalue weighted by atomic mass is 10.4. The lowest BCUT2D eigenvalue weighted by Crippen LogP contribution is -3.10. The highest BCUT2D eigenvalue weighted by atomic mass is 16.5. The molecule has 1 atom stereocenters. The van der Waals surface area contributed by atoms with Crippen LogP contribution in [0.15, 0.2) is 0 Å². The SMILES string of the molecule is CN(CCCN)[NH+](C)[O-]. The highest BCUT2D eigenvalue weighted by Crippen LogP contribution is 1.73. The van der Waals surface area contributed by atoms with Crippen LogP contribution in [0.4, 0.5) is 0 Å². The molecule has 4 heteroatoms. The first-order valence-electron chi connectivity index (χ1n) is 3.10. The highest BCUT2D eigenvalue weighted by molar-refractivity contribution is 4.38. The Morgan fingerprint density at radius 3 is 2.56 bits per heavy atom. The van der Waals surface area contributed by atoms with E-state index < -0.39 is 0 Å². The van der Waals surface area contributed by atoms with Crippen LogP contribution in [0, 0.1) is 5.21 Å². The van der Waals surface area contributed by atoms with Gasteiger partial charge in [-0.25, -0.2) is 0 Å². The summed E-state index contributed by atoms with van der Waals surface area (Å²) in [6, 6.07) is 0. The van der Waals surface area contributed by atoms with Crippen LogP contribution in [0.5, 0.6) is 0 Å². The van der Waals surface area contributed by atoms with Crippen LogP contribution in [0.1, 0.15) is 6.42 Å². The summed E-state index contributed by atoms with van der Waals surface area (Å²) in [5.41, 5.74) is 5.24. The molecule has 0 rings (SSSR count). The van der Waals surface area contributed by atoms with Gasteiger partial charge >= 0.3 is 0 Å². The van der Waals surface area contributed by atoms with Gasteiger partial charge in [-0.15, -0.1) is 0 Å². The summed E-state index contributed by atoms with van der Waals surface area (Å²) in [6.07, 6.45) is 0.885. The van der Waals surface area contributed by atoms with Gasteiger partial charge in [-0.3, -0.25) is 5.17 Å². The van der Waals surface area contributed by atoms with E-state index in [4.69, 9.17) is 5.73 Å². The molecule has 56 valence electrons. The van der Waals surface area contributed by atoms with Gasteiger partial charge in [0.25, 0.3) is 0 Å². The average Bonchev–Trinajstić information content (AvgIpc) is 1.82. The first kappa shape index (κ1) is 8.84. The van der Waals surface area contributed by atoms with Gasteiger partial charge in [-0.05, 0) is 13.0 Å². The van der Waals surface area contributed by atoms with Crippen LogP contribution in [0.3, 0.4) is 0 Å². The van der Waals surface area contributed by atoms with Gasteiger partial charge in [0.15, 0.2) is 0 Å². The normalized spacial score (nSPS) is 14.3. The molecule has 0 amide bonds. The summed E-state index contributed by atoms with van der Waals surface area (Å²) >= 11 is 0. The Bertz CT molecular complexity index is 67.2. The van der Waals surface area contributed by atoms with Gasteiger partial charge in [0.2, 0.25) is 0 Å². The Morgan fingerprint density at radius 1 is 1.67 bits per heavy atom. The minimum atomic E-state index is 0.100. The third-order valence-corrected chi connectivity index (χ3v) is 1.24. The molecule has 0 heterocycles. The Morgan fingerprint density at radius 2 is 2.22 bits per heavy atom. The number of hydroxylamine groups is 1. The largest absolute Gasteiger partial charge is 0.613 e. The molecular weight excluding hydrogens is 118 g/mol. The summed E-state index contributed by atoms with van der Waals surface area (Å²) in [5, 5.41) is 12.3. The molecule has 0 aliphatic heterocycles. The number of nitrogens with one attached hydrogen (secondary N) is 1. The molecule has 0 radical (unpaired) electrons. The summed E-state index contributed by atoms with van der Waals surface area (Å²) in [6.45, 7) is 1.42. The number of rotatable bonds is 4. The maximum absolute atomic E-state index is 10.5. The fourth-order valence-electron chi connectivity index (χ4n) is 0.486. The van der Waals surface area contributed by atoms with Crippen LogP contribution in [0.25, 0.3) is 0 Å². The van der Waals surface area contributed by atoms with Crippen LogP contribution in [-0.2, 0) is 0 Å². The minimum Gasteiger partial charge on any atom is -0.613 e. The fourth-order valence-corrected chi connectivity index (χ4v) is 0.486. The van der Waals surface area contributed by atoms with Gasteiger partial charge < -0.3 is 10.9 Å². The zero-order valence-electron chi connectivity index (χ0n) is 6.05. The van der Waals surface area contributed by atoms with Gasteiger partial charge in [0.1, 0.15) is 0 Å². The maximum Gasteiger partial charge on any atom is 0.0841 e. The first-order valence-corrected chi connectivity index (χ1v) is 3.10. The molecule has 0 fully saturated rings. The van der Waals surface area contributed by atoms with Gasteiger partial charge in [0.05, 0.1) is 7.05 Å². The number of quaternary nitrogens is 1. The number of nitrogens with zero attached hydrogens (tertiary/aromatic N) is 1. The molecule has 0 saturated carbocycles. The van der Waals surface area contributed by atoms with Gasteiger partial charge in [0, 0.05) is 13.6 Å². The molecule has 0 aromatic heterocycles. The smallest absolute Gasteiger partial charge is 0.0841 e. The number of nitrogens with two attached hydrogens (primary N) is 1. The molecular formula is C5H15N3O. The summed E-state index contributed by atoms with van der Waals surface area (Å²) in [5.74, 6) is 0. The summed E-state index contributed by atoms with van der Waals surface area (Å²) in [7, 11) is 3.33. The predicted octanol–water partition coefficient (Wildman–Crippen LogP) is -1.81. The van der Waals surface area contributed by atoms with E-state index in [1.807, 2.05) is 0 Å². The monoisotopic (exact) mass is 133 g/mol. The Hall–Kier alpha value is -0.160. The molecule has 0 spiro atoms. The zero-order valence-corrected chi connectivity index (χ0v) is 6.05. The van der Waals surface area contributed by atoms with Crippen LogP contribution < -0.4 is 10.9 Å². The maximum atomic E-state index is 10.5. The van der Waals surface area contributed by atoms with Crippen molar-refractivity contribution in [1.29, 1.82) is 0 Å². The quantitative estimate of drug-likeness (QED) is 0.445. The molecule has 3 N–H and O–H groups in total. The first-order chi connectivity index (χ1) is 4.18. The van der Waals surface area contributed by atoms with E-state index in [0.717, 1.165) is 13.0 Å². The van der Waals surface area contributed by atoms with Crippen molar-refractivity contribution in [1.82, 2.24) is 5.01 Å². The molecule has 4 nitrogen and oxygen atoms in total. The standard InChI is InChI=1S/C5H15N3O/c1-7(8(2)9)5-3-4-6/h8H,3-6H2,1-2H3. The van der Waals surface area contributed by atoms with Crippen molar-refractivity contribution in [2.45, 2.75) is 6.42 Å². The van der Waals surface area contributed by atoms with Crippen molar-refractivity contribution in [2.75, 3.05) is 27.2 Å². The number of hydrogen-bond acceptors (Lipinski definition) is 3. The average molecular weight is 133 g/mol. The lowest BCUT2D eigenvalue weighted by Gasteiger charge is -2.26. The minimum absolute atomic E-state index is 0.100. The molecule has 9 heavy (non-hydrogen) atoms. The third-order valence-electron chi connectivity index (χ3n) is 1.24. The second-order valence-corrected chi connectivity index (χ2v) is 2.08. The van der Waals surface area contributed by atoms with E-state index in [0.29, 0.717) is 6.54 Å². The highest BCUT2D eigenvalue weighted by Gasteiger charge is 1.97. The van der Waals surface area contributed by atoms with E-state index in [1.54, 1.807) is 19.1 Å². The van der Waals surface area contributed by atoms with Crippen molar-refractivity contribution in [3.63, 3.8) is 0 Å². The van der Waals surface area contributed by atoms with Gasteiger partial charge in [-0.1, -0.05) is 0 Å². The molecule has 0 aliphatic carbocycles. The number of hydrogen-bond donors (Lipinski definition) is 2. The lowest BCUT2D eigenvalue weighted by molar-refractivity contribution is -0.950. The van der Waals surface area contributed by atoms with Crippen LogP contribution in [0.2, 0.25) is 0 Å². The van der Waals surface area contributed by atoms with Crippen molar-refractivity contribution in [2.24, 2.45) is 5.73 Å². The molecule has 0 saturated heterocycles. The fraction of sp³-hybridized carbons (Fsp3) is 1.00. The Kier molecular flexibility index (Phi) is 4.61. The Labute approximate surface area is 55.8 Å². The van der Waals surface area contributed by atoms with E-state index in [9.17, 15) is 5.21 Å². The third kappa shape index (κ3) is 4.35. The van der Waals surface area contributed by atoms with E-state index in [-0.39, 0.29) is 5.17 Å². The summed E-state index contributed by atoms with van der Waals surface area (Å²) in [4.78, 5) is 0. The van der Waals surface area contributed by atoms with Crippen molar-refractivity contribution in [3.8, 4) is 0 Å². The second kappa shape index (κ2) is 4.69. The van der Waals surface area contributed by atoms with E-state index in [1.165, 1.54) is 0 Å². The van der Waals surface area contributed by atoms with Crippen molar-refractivity contribution < 1.29 is 5.17 Å². The second-order valence-electron chi connectivity index (χ2n) is 2.08. The van der Waals surface area contributed by atoms with E-state index >= 15 is 0 Å². The Balaban J connectivity index is 3.16. The molecule has 0 bridgehead atoms. The van der Waals surface area contributed by atoms with Crippen LogP contribution >= 0.6 is 0 Å². The predicted molar refractivity (Wildman–Crippen MR) is 36.6 cm³/mol. The van der Waals surface area contributed by atoms with Crippen molar-refractivity contribution >= 4 is 0 Å². The molecule has 0 aromatic carbocycles. The molecule has 1 unspecified atom stereocenters. The summed E-state index contributed by atoms with van der Waals surface area (Å²) < 4.78 is 0.